The Bertz CT molecular complexity index is 566. The Hall–Kier alpha value is -1.14. The number of rotatable bonds is 2. The Morgan fingerprint density at radius 2 is 2.24 bits per heavy atom. The molecule has 2 aliphatic heterocycles. The standard InChI is InChI=1S/C15H19BrFN3O/c16-14-9(7-18)1-3-12(15(14)17)20-6-5-11-10(8-20)2-4-13(21)19-11/h1,3,10-11H,2,4-8,18H2,(H,19,21). The molecule has 114 valence electrons. The highest BCUT2D eigenvalue weighted by Gasteiger charge is 2.34. The Morgan fingerprint density at radius 1 is 1.43 bits per heavy atom. The number of hydrogen-bond donors (Lipinski definition) is 2. The molecule has 0 bridgehead atoms. The highest BCUT2D eigenvalue weighted by atomic mass is 79.9. The number of carbonyl (C=O) groups is 1. The molecular formula is C15H19BrFN3O. The van der Waals surface area contributed by atoms with E-state index in [2.05, 4.69) is 26.1 Å². The number of benzene rings is 1. The minimum Gasteiger partial charge on any atom is -0.369 e. The van der Waals surface area contributed by atoms with Crippen LogP contribution < -0.4 is 16.0 Å². The van der Waals surface area contributed by atoms with Crippen molar-refractivity contribution in [3.05, 3.63) is 28.0 Å². The molecule has 2 fully saturated rings. The summed E-state index contributed by atoms with van der Waals surface area (Å²) in [7, 11) is 0. The monoisotopic (exact) mass is 355 g/mol. The van der Waals surface area contributed by atoms with Crippen molar-refractivity contribution in [2.24, 2.45) is 11.7 Å². The zero-order valence-electron chi connectivity index (χ0n) is 11.7. The zero-order chi connectivity index (χ0) is 15.0. The first-order valence-electron chi connectivity index (χ1n) is 7.31. The maximum absolute atomic E-state index is 14.5. The van der Waals surface area contributed by atoms with Gasteiger partial charge in [-0.15, -0.1) is 0 Å². The van der Waals surface area contributed by atoms with Crippen molar-refractivity contribution in [1.82, 2.24) is 5.32 Å². The summed E-state index contributed by atoms with van der Waals surface area (Å²) < 4.78 is 15.0. The molecule has 21 heavy (non-hydrogen) atoms. The first-order valence-corrected chi connectivity index (χ1v) is 8.10. The summed E-state index contributed by atoms with van der Waals surface area (Å²) in [5.74, 6) is 0.311. The van der Waals surface area contributed by atoms with E-state index in [-0.39, 0.29) is 17.8 Å². The minimum atomic E-state index is -0.240. The summed E-state index contributed by atoms with van der Waals surface area (Å²) in [6.07, 6.45) is 2.33. The Kier molecular flexibility index (Phi) is 4.17. The highest BCUT2D eigenvalue weighted by Crippen LogP contribution is 2.33. The molecule has 6 heteroatoms. The minimum absolute atomic E-state index is 0.144. The van der Waals surface area contributed by atoms with Crippen molar-refractivity contribution >= 4 is 27.5 Å². The number of piperidine rings is 2. The van der Waals surface area contributed by atoms with Gasteiger partial charge in [-0.25, -0.2) is 4.39 Å². The number of carbonyl (C=O) groups excluding carboxylic acids is 1. The molecule has 2 unspecified atom stereocenters. The molecule has 2 heterocycles. The summed E-state index contributed by atoms with van der Waals surface area (Å²) in [4.78, 5) is 13.5. The highest BCUT2D eigenvalue weighted by molar-refractivity contribution is 9.10. The number of hydrogen-bond acceptors (Lipinski definition) is 3. The van der Waals surface area contributed by atoms with Gasteiger partial charge in [0, 0.05) is 32.1 Å². The van der Waals surface area contributed by atoms with Crippen LogP contribution in [0.3, 0.4) is 0 Å². The molecule has 4 nitrogen and oxygen atoms in total. The molecule has 0 aliphatic carbocycles. The summed E-state index contributed by atoms with van der Waals surface area (Å²) in [6, 6.07) is 3.93. The third kappa shape index (κ3) is 2.79. The van der Waals surface area contributed by atoms with Crippen LogP contribution in [0.15, 0.2) is 16.6 Å². The second kappa shape index (κ2) is 5.93. The van der Waals surface area contributed by atoms with E-state index in [0.29, 0.717) is 29.0 Å². The second-order valence-electron chi connectivity index (χ2n) is 5.78. The van der Waals surface area contributed by atoms with E-state index in [9.17, 15) is 9.18 Å². The third-order valence-corrected chi connectivity index (χ3v) is 5.38. The maximum atomic E-state index is 14.5. The molecule has 2 saturated heterocycles. The smallest absolute Gasteiger partial charge is 0.220 e. The van der Waals surface area contributed by atoms with Crippen LogP contribution in [0.25, 0.3) is 0 Å². The Labute approximate surface area is 132 Å². The molecule has 1 aromatic rings. The molecular weight excluding hydrogens is 337 g/mol. The van der Waals surface area contributed by atoms with Crippen LogP contribution in [0.1, 0.15) is 24.8 Å². The van der Waals surface area contributed by atoms with Crippen molar-refractivity contribution in [3.8, 4) is 0 Å². The topological polar surface area (TPSA) is 58.4 Å². The summed E-state index contributed by atoms with van der Waals surface area (Å²) in [6.45, 7) is 1.86. The molecule has 3 rings (SSSR count). The van der Waals surface area contributed by atoms with E-state index in [4.69, 9.17) is 5.73 Å². The summed E-state index contributed by atoms with van der Waals surface area (Å²) >= 11 is 3.30. The number of fused-ring (bicyclic) bond motifs is 1. The van der Waals surface area contributed by atoms with Crippen LogP contribution in [0, 0.1) is 11.7 Å². The van der Waals surface area contributed by atoms with Gasteiger partial charge in [-0.3, -0.25) is 4.79 Å². The quantitative estimate of drug-likeness (QED) is 0.854. The molecule has 1 amide bonds. The van der Waals surface area contributed by atoms with E-state index in [1.165, 1.54) is 0 Å². The molecule has 0 saturated carbocycles. The van der Waals surface area contributed by atoms with Gasteiger partial charge in [0.25, 0.3) is 0 Å². The van der Waals surface area contributed by atoms with Crippen molar-refractivity contribution in [1.29, 1.82) is 0 Å². The molecule has 1 aromatic carbocycles. The maximum Gasteiger partial charge on any atom is 0.220 e. The molecule has 2 aliphatic rings. The van der Waals surface area contributed by atoms with Gasteiger partial charge in [-0.1, -0.05) is 6.07 Å². The summed E-state index contributed by atoms with van der Waals surface area (Å²) in [5, 5.41) is 3.05. The number of amides is 1. The van der Waals surface area contributed by atoms with Gasteiger partial charge in [0.15, 0.2) is 5.82 Å². The predicted octanol–water partition coefficient (Wildman–Crippen LogP) is 2.15. The lowest BCUT2D eigenvalue weighted by Crippen LogP contribution is -2.54. The van der Waals surface area contributed by atoms with Gasteiger partial charge in [0.05, 0.1) is 10.2 Å². The lowest BCUT2D eigenvalue weighted by molar-refractivity contribution is -0.124. The molecule has 3 N–H and O–H groups in total. The van der Waals surface area contributed by atoms with E-state index < -0.39 is 0 Å². The number of nitrogens with two attached hydrogens (primary N) is 1. The molecule has 2 atom stereocenters. The fraction of sp³-hybridized carbons (Fsp3) is 0.533. The van der Waals surface area contributed by atoms with Gasteiger partial charge >= 0.3 is 0 Å². The van der Waals surface area contributed by atoms with Crippen LogP contribution in [-0.4, -0.2) is 25.0 Å². The first-order chi connectivity index (χ1) is 10.1. The van der Waals surface area contributed by atoms with Crippen LogP contribution >= 0.6 is 15.9 Å². The largest absolute Gasteiger partial charge is 0.369 e. The molecule has 0 spiro atoms. The van der Waals surface area contributed by atoms with Gasteiger partial charge in [-0.05, 0) is 46.3 Å². The lowest BCUT2D eigenvalue weighted by Gasteiger charge is -2.42. The lowest BCUT2D eigenvalue weighted by atomic mass is 9.85. The normalized spacial score (nSPS) is 25.5. The average Bonchev–Trinajstić information content (AvgIpc) is 2.49. The predicted molar refractivity (Wildman–Crippen MR) is 83.5 cm³/mol. The van der Waals surface area contributed by atoms with Crippen molar-refractivity contribution in [3.63, 3.8) is 0 Å². The fourth-order valence-corrected chi connectivity index (χ4v) is 3.81. The third-order valence-electron chi connectivity index (χ3n) is 4.53. The summed E-state index contributed by atoms with van der Waals surface area (Å²) in [5.41, 5.74) is 6.99. The first kappa shape index (κ1) is 14.8. The van der Waals surface area contributed by atoms with E-state index in [1.54, 1.807) is 0 Å². The molecule has 0 radical (unpaired) electrons. The molecule has 0 aromatic heterocycles. The van der Waals surface area contributed by atoms with Crippen molar-refractivity contribution in [2.45, 2.75) is 31.8 Å². The van der Waals surface area contributed by atoms with Crippen LogP contribution in [0.2, 0.25) is 0 Å². The van der Waals surface area contributed by atoms with Crippen molar-refractivity contribution in [2.75, 3.05) is 18.0 Å². The number of anilines is 1. The van der Waals surface area contributed by atoms with E-state index in [0.717, 1.165) is 31.5 Å². The van der Waals surface area contributed by atoms with Gasteiger partial charge in [-0.2, -0.15) is 0 Å². The van der Waals surface area contributed by atoms with E-state index >= 15 is 0 Å². The SMILES string of the molecule is NCc1ccc(N2CCC3NC(=O)CCC3C2)c(F)c1Br. The Morgan fingerprint density at radius 3 is 3.00 bits per heavy atom. The number of halogens is 2. The van der Waals surface area contributed by atoms with E-state index in [1.807, 2.05) is 12.1 Å². The van der Waals surface area contributed by atoms with Gasteiger partial charge in [0.1, 0.15) is 0 Å². The van der Waals surface area contributed by atoms with Crippen LogP contribution in [0.4, 0.5) is 10.1 Å². The fourth-order valence-electron chi connectivity index (χ4n) is 3.31. The van der Waals surface area contributed by atoms with Gasteiger partial charge < -0.3 is 16.0 Å². The number of nitrogens with one attached hydrogen (secondary N) is 1. The van der Waals surface area contributed by atoms with Crippen LogP contribution in [-0.2, 0) is 11.3 Å². The average molecular weight is 356 g/mol. The number of nitrogens with zero attached hydrogens (tertiary/aromatic N) is 1. The van der Waals surface area contributed by atoms with Crippen LogP contribution in [0.5, 0.6) is 0 Å². The Balaban J connectivity index is 1.80. The van der Waals surface area contributed by atoms with Crippen molar-refractivity contribution < 1.29 is 9.18 Å². The van der Waals surface area contributed by atoms with Gasteiger partial charge in [0.2, 0.25) is 5.91 Å². The second-order valence-corrected chi connectivity index (χ2v) is 6.58. The zero-order valence-corrected chi connectivity index (χ0v) is 13.3.